The Kier molecular flexibility index (Phi) is 6.52. The summed E-state index contributed by atoms with van der Waals surface area (Å²) in [5, 5.41) is 15.0. The number of β-amino-alcohol motifs (C(OH)–C–C–N with tert-alkyl or cyclic N) is 1. The van der Waals surface area contributed by atoms with E-state index in [1.165, 1.54) is 17.0 Å². The summed E-state index contributed by atoms with van der Waals surface area (Å²) in [6, 6.07) is 8.05. The molecule has 3 N–H and O–H groups in total. The molecule has 180 valence electrons. The van der Waals surface area contributed by atoms with Gasteiger partial charge in [-0.3, -0.25) is 4.79 Å². The number of hydrogen-bond donors (Lipinski definition) is 3. The minimum absolute atomic E-state index is 0.101. The van der Waals surface area contributed by atoms with E-state index in [9.17, 15) is 27.9 Å². The van der Waals surface area contributed by atoms with Crippen molar-refractivity contribution in [2.75, 3.05) is 23.8 Å². The molecule has 1 atom stereocenters. The molecule has 2 aliphatic rings. The lowest BCUT2D eigenvalue weighted by molar-refractivity contribution is -0.137. The van der Waals surface area contributed by atoms with Crippen molar-refractivity contribution in [3.05, 3.63) is 59.2 Å². The van der Waals surface area contributed by atoms with Gasteiger partial charge in [0.2, 0.25) is 5.91 Å². The van der Waals surface area contributed by atoms with Crippen LogP contribution in [0.4, 0.5) is 29.3 Å². The number of anilines is 2. The smallest absolute Gasteiger partial charge is 0.416 e. The van der Waals surface area contributed by atoms with Gasteiger partial charge in [-0.15, -0.1) is 0 Å². The topological polar surface area (TPSA) is 90.9 Å². The maximum Gasteiger partial charge on any atom is 0.416 e. The minimum atomic E-state index is -4.48. The van der Waals surface area contributed by atoms with Crippen LogP contribution in [-0.2, 0) is 17.5 Å². The number of ether oxygens (including phenoxy) is 1. The van der Waals surface area contributed by atoms with E-state index >= 15 is 0 Å². The highest BCUT2D eigenvalue weighted by Crippen LogP contribution is 2.38. The fraction of sp³-hybridized carbons (Fsp3) is 0.333. The van der Waals surface area contributed by atoms with Crippen molar-refractivity contribution < 1.29 is 32.6 Å². The summed E-state index contributed by atoms with van der Waals surface area (Å²) in [4.78, 5) is 26.4. The SMILES string of the molecule is C[C@H](O)CN1Cc2ccc(NC(=O)C=C3CCCOc4cc(C(F)(F)F)ccc43)cc2NC1=O. The van der Waals surface area contributed by atoms with E-state index in [0.717, 1.165) is 17.7 Å². The minimum Gasteiger partial charge on any atom is -0.493 e. The van der Waals surface area contributed by atoms with Crippen LogP contribution >= 0.6 is 0 Å². The van der Waals surface area contributed by atoms with Gasteiger partial charge in [0.05, 0.1) is 18.3 Å². The van der Waals surface area contributed by atoms with Gasteiger partial charge in [-0.05, 0) is 55.2 Å². The molecule has 0 fully saturated rings. The van der Waals surface area contributed by atoms with Crippen LogP contribution in [0.2, 0.25) is 0 Å². The predicted molar refractivity (Wildman–Crippen MR) is 120 cm³/mol. The second kappa shape index (κ2) is 9.38. The molecule has 0 saturated carbocycles. The molecule has 7 nitrogen and oxygen atoms in total. The molecule has 2 aromatic rings. The van der Waals surface area contributed by atoms with Crippen LogP contribution in [0.25, 0.3) is 5.57 Å². The quantitative estimate of drug-likeness (QED) is 0.563. The molecule has 2 heterocycles. The highest BCUT2D eigenvalue weighted by Gasteiger charge is 2.32. The number of fused-ring (bicyclic) bond motifs is 2. The summed E-state index contributed by atoms with van der Waals surface area (Å²) in [5.74, 6) is -0.342. The van der Waals surface area contributed by atoms with E-state index in [2.05, 4.69) is 10.6 Å². The van der Waals surface area contributed by atoms with Crippen LogP contribution in [0.5, 0.6) is 5.75 Å². The van der Waals surface area contributed by atoms with E-state index in [0.29, 0.717) is 41.9 Å². The van der Waals surface area contributed by atoms with Gasteiger partial charge < -0.3 is 25.4 Å². The Labute approximate surface area is 194 Å². The molecule has 0 spiro atoms. The maximum absolute atomic E-state index is 13.1. The van der Waals surface area contributed by atoms with Crippen LogP contribution in [0.15, 0.2) is 42.5 Å². The fourth-order valence-electron chi connectivity index (χ4n) is 4.00. The molecule has 10 heteroatoms. The number of amides is 3. The first-order valence-electron chi connectivity index (χ1n) is 10.8. The number of hydrogen-bond acceptors (Lipinski definition) is 4. The molecule has 2 aliphatic heterocycles. The summed E-state index contributed by atoms with van der Waals surface area (Å²) >= 11 is 0. The van der Waals surface area contributed by atoms with Crippen molar-refractivity contribution in [3.63, 3.8) is 0 Å². The van der Waals surface area contributed by atoms with Crippen molar-refractivity contribution in [1.82, 2.24) is 4.90 Å². The second-order valence-electron chi connectivity index (χ2n) is 8.35. The van der Waals surface area contributed by atoms with Gasteiger partial charge in [-0.2, -0.15) is 13.2 Å². The van der Waals surface area contributed by atoms with Gasteiger partial charge in [-0.25, -0.2) is 4.79 Å². The molecule has 34 heavy (non-hydrogen) atoms. The van der Waals surface area contributed by atoms with Crippen LogP contribution < -0.4 is 15.4 Å². The van der Waals surface area contributed by atoms with E-state index in [1.807, 2.05) is 0 Å². The number of nitrogens with one attached hydrogen (secondary N) is 2. The number of benzene rings is 2. The van der Waals surface area contributed by atoms with Crippen LogP contribution in [-0.4, -0.2) is 41.2 Å². The van der Waals surface area contributed by atoms with E-state index in [-0.39, 0.29) is 24.9 Å². The van der Waals surface area contributed by atoms with Crippen molar-refractivity contribution in [2.24, 2.45) is 0 Å². The number of carbonyl (C=O) groups excluding carboxylic acids is 2. The molecule has 3 amide bonds. The molecule has 0 bridgehead atoms. The lowest BCUT2D eigenvalue weighted by Crippen LogP contribution is -2.42. The molecule has 4 rings (SSSR count). The number of rotatable bonds is 4. The lowest BCUT2D eigenvalue weighted by atomic mass is 9.99. The van der Waals surface area contributed by atoms with Crippen molar-refractivity contribution in [3.8, 4) is 5.75 Å². The zero-order valence-corrected chi connectivity index (χ0v) is 18.4. The second-order valence-corrected chi connectivity index (χ2v) is 8.35. The number of nitrogens with zero attached hydrogens (tertiary/aromatic N) is 1. The number of aliphatic hydroxyl groups excluding tert-OH is 1. The van der Waals surface area contributed by atoms with Gasteiger partial charge in [0.1, 0.15) is 5.75 Å². The Hall–Kier alpha value is -3.53. The first kappa shape index (κ1) is 23.6. The number of carbonyl (C=O) groups is 2. The van der Waals surface area contributed by atoms with Crippen molar-refractivity contribution in [1.29, 1.82) is 0 Å². The highest BCUT2D eigenvalue weighted by atomic mass is 19.4. The Morgan fingerprint density at radius 1 is 1.29 bits per heavy atom. The normalized spacial score (nSPS) is 17.7. The summed E-state index contributed by atoms with van der Waals surface area (Å²) < 4.78 is 44.7. The number of urea groups is 1. The largest absolute Gasteiger partial charge is 0.493 e. The first-order chi connectivity index (χ1) is 16.1. The third-order valence-electron chi connectivity index (χ3n) is 5.56. The van der Waals surface area contributed by atoms with Crippen LogP contribution in [0.1, 0.15) is 36.5 Å². The Morgan fingerprint density at radius 2 is 2.09 bits per heavy atom. The molecule has 0 saturated heterocycles. The third-order valence-corrected chi connectivity index (χ3v) is 5.56. The fourth-order valence-corrected chi connectivity index (χ4v) is 4.00. The molecular formula is C24H24F3N3O4. The number of aliphatic hydroxyl groups is 1. The molecule has 0 radical (unpaired) electrons. The van der Waals surface area contributed by atoms with Crippen LogP contribution in [0, 0.1) is 0 Å². The van der Waals surface area contributed by atoms with Crippen molar-refractivity contribution >= 4 is 28.9 Å². The summed E-state index contributed by atoms with van der Waals surface area (Å²) in [5.41, 5.74) is 2.09. The molecule has 0 aromatic heterocycles. The summed E-state index contributed by atoms with van der Waals surface area (Å²) in [6.07, 6.45) is -2.74. The monoisotopic (exact) mass is 475 g/mol. The number of allylic oxidation sites excluding steroid dienone is 1. The number of halogens is 3. The Balaban J connectivity index is 1.51. The van der Waals surface area contributed by atoms with Gasteiger partial charge in [0.25, 0.3) is 0 Å². The average molecular weight is 475 g/mol. The van der Waals surface area contributed by atoms with E-state index in [1.54, 1.807) is 25.1 Å². The Morgan fingerprint density at radius 3 is 2.82 bits per heavy atom. The predicted octanol–water partition coefficient (Wildman–Crippen LogP) is 4.63. The van der Waals surface area contributed by atoms with Crippen molar-refractivity contribution in [2.45, 2.75) is 38.6 Å². The third kappa shape index (κ3) is 5.33. The molecular weight excluding hydrogens is 451 g/mol. The van der Waals surface area contributed by atoms with Gasteiger partial charge >= 0.3 is 12.2 Å². The van der Waals surface area contributed by atoms with Gasteiger partial charge in [0.15, 0.2) is 0 Å². The Bertz CT molecular complexity index is 1140. The maximum atomic E-state index is 13.1. The highest BCUT2D eigenvalue weighted by molar-refractivity contribution is 6.05. The zero-order valence-electron chi connectivity index (χ0n) is 18.4. The molecule has 0 aliphatic carbocycles. The summed E-state index contributed by atoms with van der Waals surface area (Å²) in [6.45, 7) is 2.39. The molecule has 2 aromatic carbocycles. The zero-order chi connectivity index (χ0) is 24.5. The average Bonchev–Trinajstić information content (AvgIpc) is 2.95. The van der Waals surface area contributed by atoms with E-state index < -0.39 is 23.8 Å². The van der Waals surface area contributed by atoms with E-state index in [4.69, 9.17) is 4.74 Å². The summed E-state index contributed by atoms with van der Waals surface area (Å²) in [7, 11) is 0. The molecule has 0 unspecified atom stereocenters. The van der Waals surface area contributed by atoms with Gasteiger partial charge in [-0.1, -0.05) is 12.1 Å². The standard InChI is InChI=1S/C24H24F3N3O4/c1-14(31)12-30-13-16-4-6-18(11-20(16)29-23(30)33)28-22(32)9-15-3-2-8-34-21-10-17(24(25,26)27)5-7-19(15)21/h4-7,9-11,14,31H,2-3,8,12-13H2,1H3,(H,28,32)(H,29,33)/t14-/m0/s1. The van der Waals surface area contributed by atoms with Crippen LogP contribution in [0.3, 0.4) is 0 Å². The lowest BCUT2D eigenvalue weighted by Gasteiger charge is -2.30. The number of alkyl halides is 3. The van der Waals surface area contributed by atoms with Gasteiger partial charge in [0, 0.05) is 36.1 Å². The first-order valence-corrected chi connectivity index (χ1v) is 10.8.